The molecule has 0 atom stereocenters. The van der Waals surface area contributed by atoms with Crippen molar-refractivity contribution >= 4 is 5.69 Å². The number of hydrogen-bond acceptors (Lipinski definition) is 6. The quantitative estimate of drug-likeness (QED) is 0.427. The molecule has 2 fully saturated rings. The van der Waals surface area contributed by atoms with Gasteiger partial charge >= 0.3 is 0 Å². The number of nitrogens with one attached hydrogen (secondary N) is 1. The Morgan fingerprint density at radius 1 is 1.00 bits per heavy atom. The average molecular weight is 425 g/mol. The number of nitrogens with zero attached hydrogens (tertiary/aromatic N) is 2. The van der Waals surface area contributed by atoms with E-state index in [2.05, 4.69) is 45.4 Å². The summed E-state index contributed by atoms with van der Waals surface area (Å²) in [4.78, 5) is 4.98. The molecule has 0 aromatic heterocycles. The highest BCUT2D eigenvalue weighted by Gasteiger charge is 2.37. The van der Waals surface area contributed by atoms with Crippen LogP contribution in [0.3, 0.4) is 0 Å². The second-order valence-corrected chi connectivity index (χ2v) is 8.71. The number of hydrogen-bond donors (Lipinski definition) is 2. The van der Waals surface area contributed by atoms with E-state index in [-0.39, 0.29) is 5.66 Å². The fraction of sp³-hybridized carbons (Fsp3) is 0.520. The van der Waals surface area contributed by atoms with Gasteiger partial charge in [0.2, 0.25) is 0 Å². The minimum Gasteiger partial charge on any atom is -0.495 e. The van der Waals surface area contributed by atoms with Crippen LogP contribution in [-0.2, 0) is 6.54 Å². The molecule has 6 heteroatoms. The summed E-state index contributed by atoms with van der Waals surface area (Å²) in [5.41, 5.74) is 8.40. The Labute approximate surface area is 186 Å². The molecule has 1 aliphatic heterocycles. The van der Waals surface area contributed by atoms with Gasteiger partial charge in [-0.05, 0) is 62.1 Å². The third-order valence-electron chi connectivity index (χ3n) is 6.27. The zero-order valence-electron chi connectivity index (χ0n) is 18.7. The van der Waals surface area contributed by atoms with Crippen molar-refractivity contribution in [3.05, 3.63) is 54.1 Å². The molecule has 2 aliphatic rings. The van der Waals surface area contributed by atoms with Crippen molar-refractivity contribution < 1.29 is 9.47 Å². The molecule has 0 bridgehead atoms. The van der Waals surface area contributed by atoms with Gasteiger partial charge < -0.3 is 20.1 Å². The molecule has 31 heavy (non-hydrogen) atoms. The molecule has 1 saturated heterocycles. The van der Waals surface area contributed by atoms with E-state index in [0.29, 0.717) is 0 Å². The number of benzene rings is 2. The number of rotatable bonds is 11. The Hall–Kier alpha value is -2.28. The van der Waals surface area contributed by atoms with Crippen LogP contribution in [0.4, 0.5) is 5.69 Å². The summed E-state index contributed by atoms with van der Waals surface area (Å²) in [5, 5.41) is 3.42. The maximum atomic E-state index is 6.10. The number of methoxy groups -OCH3 is 1. The predicted molar refractivity (Wildman–Crippen MR) is 126 cm³/mol. The Morgan fingerprint density at radius 3 is 2.58 bits per heavy atom. The molecule has 0 unspecified atom stereocenters. The molecule has 4 rings (SSSR count). The number of nitrogens with two attached hydrogens (primary N) is 1. The van der Waals surface area contributed by atoms with E-state index < -0.39 is 0 Å². The summed E-state index contributed by atoms with van der Waals surface area (Å²) in [7, 11) is 1.74. The Kier molecular flexibility index (Phi) is 7.33. The Balaban J connectivity index is 1.11. The van der Waals surface area contributed by atoms with Gasteiger partial charge in [0.1, 0.15) is 11.5 Å². The van der Waals surface area contributed by atoms with Crippen LogP contribution < -0.4 is 25.4 Å². The zero-order valence-corrected chi connectivity index (χ0v) is 18.7. The van der Waals surface area contributed by atoms with Crippen LogP contribution in [0.15, 0.2) is 48.5 Å². The fourth-order valence-corrected chi connectivity index (χ4v) is 4.07. The van der Waals surface area contributed by atoms with Crippen molar-refractivity contribution in [3.63, 3.8) is 0 Å². The lowest BCUT2D eigenvalue weighted by atomic mass is 10.2. The number of piperazine rings is 1. The zero-order chi connectivity index (χ0) is 21.5. The van der Waals surface area contributed by atoms with Gasteiger partial charge in [0, 0.05) is 32.7 Å². The van der Waals surface area contributed by atoms with E-state index in [9.17, 15) is 0 Å². The van der Waals surface area contributed by atoms with E-state index in [1.54, 1.807) is 7.11 Å². The monoisotopic (exact) mass is 424 g/mol. The normalized spacial score (nSPS) is 18.1. The highest BCUT2D eigenvalue weighted by Crippen LogP contribution is 2.29. The first-order chi connectivity index (χ1) is 15.1. The van der Waals surface area contributed by atoms with Gasteiger partial charge in [-0.15, -0.1) is 0 Å². The number of unbranched alkanes of at least 4 members (excludes halogenated alkanes) is 1. The maximum absolute atomic E-state index is 6.10. The molecule has 0 radical (unpaired) electrons. The molecule has 168 valence electrons. The summed E-state index contributed by atoms with van der Waals surface area (Å²) in [6.45, 7) is 6.97. The van der Waals surface area contributed by atoms with Crippen LogP contribution in [0, 0.1) is 0 Å². The van der Waals surface area contributed by atoms with Crippen molar-refractivity contribution in [2.45, 2.75) is 37.9 Å². The standard InChI is InChI=1S/C25H36N4O2/c1-30-24-10-3-2-9-23(24)29-16-14-28(15-17-29)13-4-5-18-31-22-8-6-7-21(19-22)20-27-25(26)11-12-25/h2-3,6-10,19,27H,4-5,11-18,20,26H2,1H3. The third kappa shape index (κ3) is 6.35. The van der Waals surface area contributed by atoms with E-state index in [1.807, 2.05) is 18.2 Å². The van der Waals surface area contributed by atoms with Crippen LogP contribution in [0.1, 0.15) is 31.2 Å². The summed E-state index contributed by atoms with van der Waals surface area (Å²) in [6, 6.07) is 16.6. The van der Waals surface area contributed by atoms with Crippen LogP contribution in [-0.4, -0.2) is 57.0 Å². The minimum atomic E-state index is -0.129. The molecular formula is C25H36N4O2. The average Bonchev–Trinajstić information content (AvgIpc) is 3.56. The number of para-hydroxylation sites is 2. The van der Waals surface area contributed by atoms with Crippen molar-refractivity contribution in [3.8, 4) is 11.5 Å². The van der Waals surface area contributed by atoms with Crippen molar-refractivity contribution in [2.75, 3.05) is 51.3 Å². The number of ether oxygens (including phenoxy) is 2. The molecule has 2 aromatic carbocycles. The largest absolute Gasteiger partial charge is 0.495 e. The van der Waals surface area contributed by atoms with Gasteiger partial charge in [0.05, 0.1) is 25.1 Å². The molecule has 1 aliphatic carbocycles. The van der Waals surface area contributed by atoms with E-state index in [4.69, 9.17) is 15.2 Å². The van der Waals surface area contributed by atoms with Gasteiger partial charge in [0.25, 0.3) is 0 Å². The fourth-order valence-electron chi connectivity index (χ4n) is 4.07. The predicted octanol–water partition coefficient (Wildman–Crippen LogP) is 3.21. The molecular weight excluding hydrogens is 388 g/mol. The minimum absolute atomic E-state index is 0.129. The molecule has 0 amide bonds. The van der Waals surface area contributed by atoms with Crippen LogP contribution in [0.2, 0.25) is 0 Å². The first-order valence-electron chi connectivity index (χ1n) is 11.5. The lowest BCUT2D eigenvalue weighted by Gasteiger charge is -2.36. The van der Waals surface area contributed by atoms with E-state index >= 15 is 0 Å². The molecule has 6 nitrogen and oxygen atoms in total. The topological polar surface area (TPSA) is 63.0 Å². The Morgan fingerprint density at radius 2 is 1.81 bits per heavy atom. The van der Waals surface area contributed by atoms with Crippen LogP contribution in [0.25, 0.3) is 0 Å². The highest BCUT2D eigenvalue weighted by molar-refractivity contribution is 5.58. The van der Waals surface area contributed by atoms with E-state index in [0.717, 1.165) is 83.1 Å². The second kappa shape index (κ2) is 10.4. The van der Waals surface area contributed by atoms with Crippen molar-refractivity contribution in [1.82, 2.24) is 10.2 Å². The lowest BCUT2D eigenvalue weighted by molar-refractivity contribution is 0.238. The van der Waals surface area contributed by atoms with Gasteiger partial charge in [0.15, 0.2) is 0 Å². The van der Waals surface area contributed by atoms with Gasteiger partial charge in [-0.2, -0.15) is 0 Å². The maximum Gasteiger partial charge on any atom is 0.142 e. The van der Waals surface area contributed by atoms with Crippen molar-refractivity contribution in [2.24, 2.45) is 5.73 Å². The van der Waals surface area contributed by atoms with Crippen LogP contribution >= 0.6 is 0 Å². The van der Waals surface area contributed by atoms with Gasteiger partial charge in [-0.3, -0.25) is 10.2 Å². The van der Waals surface area contributed by atoms with Crippen LogP contribution in [0.5, 0.6) is 11.5 Å². The molecule has 1 heterocycles. The van der Waals surface area contributed by atoms with Gasteiger partial charge in [-0.25, -0.2) is 0 Å². The van der Waals surface area contributed by atoms with E-state index in [1.165, 1.54) is 11.3 Å². The first kappa shape index (κ1) is 21.9. The molecule has 3 N–H and O–H groups in total. The SMILES string of the molecule is COc1ccccc1N1CCN(CCCCOc2cccc(CNC3(N)CC3)c2)CC1. The number of anilines is 1. The smallest absolute Gasteiger partial charge is 0.142 e. The molecule has 0 spiro atoms. The van der Waals surface area contributed by atoms with Crippen molar-refractivity contribution in [1.29, 1.82) is 0 Å². The Bertz CT molecular complexity index is 832. The third-order valence-corrected chi connectivity index (χ3v) is 6.27. The highest BCUT2D eigenvalue weighted by atomic mass is 16.5. The molecule has 2 aromatic rings. The summed E-state index contributed by atoms with van der Waals surface area (Å²) in [6.07, 6.45) is 4.37. The summed E-state index contributed by atoms with van der Waals surface area (Å²) >= 11 is 0. The lowest BCUT2D eigenvalue weighted by Crippen LogP contribution is -2.46. The molecule has 1 saturated carbocycles. The first-order valence-corrected chi connectivity index (χ1v) is 11.5. The summed E-state index contributed by atoms with van der Waals surface area (Å²) in [5.74, 6) is 1.91. The second-order valence-electron chi connectivity index (χ2n) is 8.71. The summed E-state index contributed by atoms with van der Waals surface area (Å²) < 4.78 is 11.5. The van der Waals surface area contributed by atoms with Gasteiger partial charge in [-0.1, -0.05) is 24.3 Å².